The minimum atomic E-state index is 0.245. The maximum Gasteiger partial charge on any atom is 0.258 e. The van der Waals surface area contributed by atoms with Crippen LogP contribution in [0.15, 0.2) is 12.7 Å². The Morgan fingerprint density at radius 2 is 2.05 bits per heavy atom. The van der Waals surface area contributed by atoms with Crippen molar-refractivity contribution in [3.63, 3.8) is 0 Å². The molecule has 0 spiro atoms. The third kappa shape index (κ3) is 2.92. The first-order chi connectivity index (χ1) is 10.1. The van der Waals surface area contributed by atoms with Gasteiger partial charge < -0.3 is 4.90 Å². The zero-order valence-corrected chi connectivity index (χ0v) is 12.2. The summed E-state index contributed by atoms with van der Waals surface area (Å²) >= 11 is 0. The largest absolute Gasteiger partial charge is 0.340 e. The molecule has 1 aliphatic rings. The maximum atomic E-state index is 5.46. The second-order valence-electron chi connectivity index (χ2n) is 5.93. The zero-order valence-electron chi connectivity index (χ0n) is 12.2. The predicted octanol–water partition coefficient (Wildman–Crippen LogP) is 0.364. The van der Waals surface area contributed by atoms with Crippen molar-refractivity contribution >= 4 is 11.9 Å². The summed E-state index contributed by atoms with van der Waals surface area (Å²) in [5, 5.41) is 4.04. The minimum absolute atomic E-state index is 0.245. The number of rotatable bonds is 3. The summed E-state index contributed by atoms with van der Waals surface area (Å²) in [4.78, 5) is 19.1. The van der Waals surface area contributed by atoms with Crippen molar-refractivity contribution in [3.05, 3.63) is 12.7 Å². The molecule has 0 amide bonds. The molecule has 0 radical (unpaired) electrons. The van der Waals surface area contributed by atoms with Gasteiger partial charge in [0.05, 0.1) is 0 Å². The van der Waals surface area contributed by atoms with Crippen molar-refractivity contribution in [3.8, 4) is 5.95 Å². The van der Waals surface area contributed by atoms with Gasteiger partial charge in [0.25, 0.3) is 5.95 Å². The number of aromatic nitrogens is 6. The third-order valence-corrected chi connectivity index (χ3v) is 3.55. The molecule has 112 valence electrons. The fourth-order valence-corrected chi connectivity index (χ4v) is 2.57. The fourth-order valence-electron chi connectivity index (χ4n) is 2.57. The van der Waals surface area contributed by atoms with Gasteiger partial charge in [0.1, 0.15) is 12.7 Å². The van der Waals surface area contributed by atoms with E-state index in [2.05, 4.69) is 49.2 Å². The van der Waals surface area contributed by atoms with E-state index in [4.69, 9.17) is 5.84 Å². The third-order valence-electron chi connectivity index (χ3n) is 3.55. The number of hydrogen-bond acceptors (Lipinski definition) is 8. The zero-order chi connectivity index (χ0) is 14.9. The lowest BCUT2D eigenvalue weighted by molar-refractivity contribution is 0.291. The molecule has 21 heavy (non-hydrogen) atoms. The summed E-state index contributed by atoms with van der Waals surface area (Å²) in [6, 6.07) is 0. The van der Waals surface area contributed by atoms with Gasteiger partial charge in [0.2, 0.25) is 11.9 Å². The molecule has 1 fully saturated rings. The summed E-state index contributed by atoms with van der Waals surface area (Å²) in [5.74, 6) is 6.78. The van der Waals surface area contributed by atoms with Gasteiger partial charge in [-0.15, -0.1) is 0 Å². The van der Waals surface area contributed by atoms with Crippen LogP contribution in [0.1, 0.15) is 26.7 Å². The summed E-state index contributed by atoms with van der Waals surface area (Å²) in [5.41, 5.74) is 2.72. The van der Waals surface area contributed by atoms with Gasteiger partial charge in [-0.2, -0.15) is 24.7 Å². The number of nitrogen functional groups attached to an aromatic ring is 1. The highest BCUT2D eigenvalue weighted by Gasteiger charge is 2.28. The summed E-state index contributed by atoms with van der Waals surface area (Å²) in [6.45, 7) is 6.33. The fraction of sp³-hybridized carbons (Fsp3) is 0.583. The molecule has 1 aliphatic heterocycles. The van der Waals surface area contributed by atoms with E-state index in [1.54, 1.807) is 6.33 Å². The molecule has 0 saturated carbocycles. The summed E-state index contributed by atoms with van der Waals surface area (Å²) in [7, 11) is 0. The van der Waals surface area contributed by atoms with Gasteiger partial charge in [-0.25, -0.2) is 10.8 Å². The van der Waals surface area contributed by atoms with Crippen molar-refractivity contribution < 1.29 is 0 Å². The second-order valence-corrected chi connectivity index (χ2v) is 5.93. The quantitative estimate of drug-likeness (QED) is 0.615. The van der Waals surface area contributed by atoms with Gasteiger partial charge >= 0.3 is 0 Å². The topological polar surface area (TPSA) is 111 Å². The standard InChI is InChI=1S/C12H19N9/c1-12(2)4-3-5-20(6-12)10-16-9(19-13)17-11(18-10)21-8-14-7-15-21/h7-8H,3-6,13H2,1-2H3,(H,16,17,18,19). The highest BCUT2D eigenvalue weighted by atomic mass is 15.4. The Hall–Kier alpha value is -2.29. The number of hydrazine groups is 1. The number of nitrogens with one attached hydrogen (secondary N) is 1. The molecule has 9 nitrogen and oxygen atoms in total. The molecular formula is C12H19N9. The van der Waals surface area contributed by atoms with Gasteiger partial charge in [-0.3, -0.25) is 5.43 Å². The van der Waals surface area contributed by atoms with E-state index in [1.165, 1.54) is 17.4 Å². The summed E-state index contributed by atoms with van der Waals surface area (Å²) in [6.07, 6.45) is 5.29. The van der Waals surface area contributed by atoms with Crippen molar-refractivity contribution in [2.24, 2.45) is 11.3 Å². The lowest BCUT2D eigenvalue weighted by Crippen LogP contribution is -2.41. The molecule has 0 bridgehead atoms. The first-order valence-corrected chi connectivity index (χ1v) is 6.90. The first-order valence-electron chi connectivity index (χ1n) is 6.90. The molecule has 9 heteroatoms. The average molecular weight is 289 g/mol. The summed E-state index contributed by atoms with van der Waals surface area (Å²) < 4.78 is 1.49. The van der Waals surface area contributed by atoms with E-state index in [-0.39, 0.29) is 5.41 Å². The van der Waals surface area contributed by atoms with Crippen molar-refractivity contribution in [2.45, 2.75) is 26.7 Å². The van der Waals surface area contributed by atoms with E-state index in [0.29, 0.717) is 17.8 Å². The molecule has 0 aromatic carbocycles. The molecule has 0 atom stereocenters. The number of nitrogens with zero attached hydrogens (tertiary/aromatic N) is 7. The van der Waals surface area contributed by atoms with Crippen molar-refractivity contribution in [1.82, 2.24) is 29.7 Å². The molecule has 2 aromatic heterocycles. The lowest BCUT2D eigenvalue weighted by atomic mass is 9.84. The number of anilines is 2. The van der Waals surface area contributed by atoms with E-state index >= 15 is 0 Å². The van der Waals surface area contributed by atoms with E-state index in [9.17, 15) is 0 Å². The van der Waals surface area contributed by atoms with Crippen LogP contribution in [0.2, 0.25) is 0 Å². The first kappa shape index (κ1) is 13.7. The smallest absolute Gasteiger partial charge is 0.258 e. The Labute approximate surface area is 122 Å². The molecule has 3 heterocycles. The Bertz CT molecular complexity index is 607. The number of piperidine rings is 1. The highest BCUT2D eigenvalue weighted by Crippen LogP contribution is 2.30. The maximum absolute atomic E-state index is 5.46. The van der Waals surface area contributed by atoms with Crippen molar-refractivity contribution in [2.75, 3.05) is 23.4 Å². The van der Waals surface area contributed by atoms with Gasteiger partial charge in [-0.1, -0.05) is 13.8 Å². The van der Waals surface area contributed by atoms with E-state index in [1.807, 2.05) is 0 Å². The Morgan fingerprint density at radius 3 is 2.71 bits per heavy atom. The number of nitrogens with two attached hydrogens (primary N) is 1. The van der Waals surface area contributed by atoms with Crippen LogP contribution in [-0.2, 0) is 0 Å². The van der Waals surface area contributed by atoms with Gasteiger partial charge in [-0.05, 0) is 18.3 Å². The molecule has 0 unspecified atom stereocenters. The molecule has 3 N–H and O–H groups in total. The van der Waals surface area contributed by atoms with Crippen LogP contribution in [0, 0.1) is 5.41 Å². The van der Waals surface area contributed by atoms with Gasteiger partial charge in [0, 0.05) is 13.1 Å². The Kier molecular flexibility index (Phi) is 3.42. The highest BCUT2D eigenvalue weighted by molar-refractivity contribution is 5.40. The monoisotopic (exact) mass is 289 g/mol. The second kappa shape index (κ2) is 5.24. The lowest BCUT2D eigenvalue weighted by Gasteiger charge is -2.38. The van der Waals surface area contributed by atoms with E-state index < -0.39 is 0 Å². The van der Waals surface area contributed by atoms with Crippen LogP contribution in [0.4, 0.5) is 11.9 Å². The molecule has 2 aromatic rings. The van der Waals surface area contributed by atoms with Crippen LogP contribution in [0.3, 0.4) is 0 Å². The van der Waals surface area contributed by atoms with Gasteiger partial charge in [0.15, 0.2) is 0 Å². The SMILES string of the molecule is CC1(C)CCCN(c2nc(NN)nc(-n3cncn3)n2)C1. The van der Waals surface area contributed by atoms with Crippen LogP contribution < -0.4 is 16.2 Å². The van der Waals surface area contributed by atoms with Crippen LogP contribution in [-0.4, -0.2) is 42.8 Å². The Balaban J connectivity index is 1.96. The Morgan fingerprint density at radius 1 is 1.24 bits per heavy atom. The molecule has 3 rings (SSSR count). The van der Waals surface area contributed by atoms with Crippen LogP contribution in [0.5, 0.6) is 0 Å². The average Bonchev–Trinajstić information content (AvgIpc) is 3.00. The van der Waals surface area contributed by atoms with Crippen molar-refractivity contribution in [1.29, 1.82) is 0 Å². The van der Waals surface area contributed by atoms with Crippen LogP contribution >= 0.6 is 0 Å². The minimum Gasteiger partial charge on any atom is -0.340 e. The molecular weight excluding hydrogens is 270 g/mol. The molecule has 0 aliphatic carbocycles. The number of hydrogen-bond donors (Lipinski definition) is 2. The van der Waals surface area contributed by atoms with Crippen LogP contribution in [0.25, 0.3) is 5.95 Å². The van der Waals surface area contributed by atoms with E-state index in [0.717, 1.165) is 19.5 Å². The normalized spacial score (nSPS) is 17.8. The molecule has 1 saturated heterocycles. The predicted molar refractivity (Wildman–Crippen MR) is 77.8 cm³/mol.